The van der Waals surface area contributed by atoms with Gasteiger partial charge in [-0.05, 0) is 23.6 Å². The zero-order chi connectivity index (χ0) is 14.2. The summed E-state index contributed by atoms with van der Waals surface area (Å²) in [6, 6.07) is 5.95. The summed E-state index contributed by atoms with van der Waals surface area (Å²) in [5.41, 5.74) is 2.61. The van der Waals surface area contributed by atoms with Crippen LogP contribution in [-0.4, -0.2) is 23.5 Å². The third-order valence-electron chi connectivity index (χ3n) is 3.74. The van der Waals surface area contributed by atoms with Gasteiger partial charge in [-0.15, -0.1) is 0 Å². The molecule has 0 atom stereocenters. The molecule has 4 heteroatoms. The van der Waals surface area contributed by atoms with Crippen molar-refractivity contribution in [3.8, 4) is 0 Å². The second kappa shape index (κ2) is 4.68. The lowest BCUT2D eigenvalue weighted by Crippen LogP contribution is -2.26. The van der Waals surface area contributed by atoms with Gasteiger partial charge in [0.1, 0.15) is 0 Å². The number of fused-ring (bicyclic) bond motifs is 1. The lowest BCUT2D eigenvalue weighted by Gasteiger charge is -2.25. The van der Waals surface area contributed by atoms with Gasteiger partial charge in [-0.2, -0.15) is 0 Å². The molecule has 4 nitrogen and oxygen atoms in total. The largest absolute Gasteiger partial charge is 0.481 e. The molecule has 1 aromatic carbocycles. The topological polar surface area (TPSA) is 57.6 Å². The van der Waals surface area contributed by atoms with Crippen molar-refractivity contribution in [1.29, 1.82) is 0 Å². The van der Waals surface area contributed by atoms with E-state index in [-0.39, 0.29) is 12.3 Å². The molecule has 0 bridgehead atoms. The summed E-state index contributed by atoms with van der Waals surface area (Å²) in [6.07, 6.45) is 0.945. The number of amides is 1. The highest BCUT2D eigenvalue weighted by Gasteiger charge is 2.28. The molecule has 0 saturated carbocycles. The fourth-order valence-electron chi connectivity index (χ4n) is 2.61. The number of carboxylic acids is 1. The summed E-state index contributed by atoms with van der Waals surface area (Å²) in [5.74, 6) is -0.777. The smallest absolute Gasteiger partial charge is 0.304 e. The average Bonchev–Trinajstić information content (AvgIpc) is 2.69. The standard InChI is InChI=1S/C15H19NO3/c1-10(17)16-7-6-11-4-5-12(8-13(11)16)15(2,3)9-14(18)19/h4-5,8H,6-7,9H2,1-3H3,(H,18,19). The van der Waals surface area contributed by atoms with Crippen LogP contribution in [0.1, 0.15) is 38.3 Å². The SMILES string of the molecule is CC(=O)N1CCc2ccc(C(C)(C)CC(=O)O)cc21. The predicted molar refractivity (Wildman–Crippen MR) is 73.5 cm³/mol. The summed E-state index contributed by atoms with van der Waals surface area (Å²) in [4.78, 5) is 24.3. The highest BCUT2D eigenvalue weighted by atomic mass is 16.4. The van der Waals surface area contributed by atoms with E-state index in [1.165, 1.54) is 0 Å². The molecule has 102 valence electrons. The number of anilines is 1. The Bertz CT molecular complexity index is 534. The molecule has 1 aromatic rings. The van der Waals surface area contributed by atoms with E-state index < -0.39 is 11.4 Å². The van der Waals surface area contributed by atoms with E-state index in [1.54, 1.807) is 11.8 Å². The molecule has 0 fully saturated rings. The molecule has 0 spiro atoms. The van der Waals surface area contributed by atoms with E-state index >= 15 is 0 Å². The van der Waals surface area contributed by atoms with Crippen LogP contribution < -0.4 is 4.90 Å². The molecule has 19 heavy (non-hydrogen) atoms. The van der Waals surface area contributed by atoms with Crippen LogP contribution in [0.4, 0.5) is 5.69 Å². The minimum Gasteiger partial charge on any atom is -0.481 e. The van der Waals surface area contributed by atoms with Gasteiger partial charge in [0, 0.05) is 24.6 Å². The van der Waals surface area contributed by atoms with Gasteiger partial charge in [-0.1, -0.05) is 26.0 Å². The molecule has 1 heterocycles. The van der Waals surface area contributed by atoms with Crippen LogP contribution in [0.25, 0.3) is 0 Å². The van der Waals surface area contributed by atoms with Crippen molar-refractivity contribution in [2.45, 2.75) is 39.0 Å². The van der Waals surface area contributed by atoms with Crippen molar-refractivity contribution >= 4 is 17.6 Å². The Morgan fingerprint density at radius 3 is 2.63 bits per heavy atom. The number of carboxylic acid groups (broad SMARTS) is 1. The van der Waals surface area contributed by atoms with Crippen LogP contribution in [0.3, 0.4) is 0 Å². The first-order valence-corrected chi connectivity index (χ1v) is 6.44. The maximum Gasteiger partial charge on any atom is 0.304 e. The quantitative estimate of drug-likeness (QED) is 0.908. The van der Waals surface area contributed by atoms with Crippen molar-refractivity contribution in [1.82, 2.24) is 0 Å². The molecule has 0 aromatic heterocycles. The van der Waals surface area contributed by atoms with Crippen LogP contribution in [0.5, 0.6) is 0 Å². The van der Waals surface area contributed by atoms with Crippen LogP contribution in [0.2, 0.25) is 0 Å². The van der Waals surface area contributed by atoms with Crippen molar-refractivity contribution in [2.24, 2.45) is 0 Å². The Morgan fingerprint density at radius 1 is 1.37 bits per heavy atom. The molecule has 1 aliphatic heterocycles. The molecule has 0 radical (unpaired) electrons. The fourth-order valence-corrected chi connectivity index (χ4v) is 2.61. The molecule has 0 unspecified atom stereocenters. The van der Waals surface area contributed by atoms with Crippen LogP contribution in [0.15, 0.2) is 18.2 Å². The van der Waals surface area contributed by atoms with Crippen molar-refractivity contribution in [3.05, 3.63) is 29.3 Å². The normalized spacial score (nSPS) is 14.4. The average molecular weight is 261 g/mol. The number of hydrogen-bond donors (Lipinski definition) is 1. The first-order valence-electron chi connectivity index (χ1n) is 6.44. The number of carbonyl (C=O) groups is 2. The third-order valence-corrected chi connectivity index (χ3v) is 3.74. The summed E-state index contributed by atoms with van der Waals surface area (Å²) in [5, 5.41) is 8.98. The highest BCUT2D eigenvalue weighted by Crippen LogP contribution is 2.35. The predicted octanol–water partition coefficient (Wildman–Crippen LogP) is 2.35. The van der Waals surface area contributed by atoms with E-state index in [9.17, 15) is 9.59 Å². The second-order valence-corrected chi connectivity index (χ2v) is 5.72. The third kappa shape index (κ3) is 2.62. The van der Waals surface area contributed by atoms with Crippen LogP contribution in [0, 0.1) is 0 Å². The van der Waals surface area contributed by atoms with E-state index in [0.29, 0.717) is 6.54 Å². The highest BCUT2D eigenvalue weighted by molar-refractivity contribution is 5.93. The zero-order valence-corrected chi connectivity index (χ0v) is 11.6. The lowest BCUT2D eigenvalue weighted by atomic mass is 9.81. The number of rotatable bonds is 3. The van der Waals surface area contributed by atoms with E-state index in [1.807, 2.05) is 32.0 Å². The lowest BCUT2D eigenvalue weighted by molar-refractivity contribution is -0.138. The Labute approximate surface area is 113 Å². The second-order valence-electron chi connectivity index (χ2n) is 5.72. The monoisotopic (exact) mass is 261 g/mol. The van der Waals surface area contributed by atoms with E-state index in [0.717, 1.165) is 23.2 Å². The van der Waals surface area contributed by atoms with Crippen LogP contribution in [-0.2, 0) is 21.4 Å². The van der Waals surface area contributed by atoms with Gasteiger partial charge in [0.25, 0.3) is 0 Å². The molecule has 0 aliphatic carbocycles. The number of hydrogen-bond acceptors (Lipinski definition) is 2. The van der Waals surface area contributed by atoms with Crippen molar-refractivity contribution in [2.75, 3.05) is 11.4 Å². The first-order chi connectivity index (χ1) is 8.81. The minimum absolute atomic E-state index is 0.0342. The van der Waals surface area contributed by atoms with Crippen molar-refractivity contribution in [3.63, 3.8) is 0 Å². The summed E-state index contributed by atoms with van der Waals surface area (Å²) in [6.45, 7) is 6.10. The minimum atomic E-state index is -0.811. The number of aliphatic carboxylic acids is 1. The maximum atomic E-state index is 11.6. The maximum absolute atomic E-state index is 11.6. The zero-order valence-electron chi connectivity index (χ0n) is 11.6. The molecule has 1 amide bonds. The van der Waals surface area contributed by atoms with Gasteiger partial charge in [-0.25, -0.2) is 0 Å². The van der Waals surface area contributed by atoms with Gasteiger partial charge in [-0.3, -0.25) is 9.59 Å². The summed E-state index contributed by atoms with van der Waals surface area (Å²) >= 11 is 0. The summed E-state index contributed by atoms with van der Waals surface area (Å²) in [7, 11) is 0. The summed E-state index contributed by atoms with van der Waals surface area (Å²) < 4.78 is 0. The van der Waals surface area contributed by atoms with Gasteiger partial charge in [0.2, 0.25) is 5.91 Å². The molecule has 1 N–H and O–H groups in total. The van der Waals surface area contributed by atoms with Gasteiger partial charge in [0.15, 0.2) is 0 Å². The van der Waals surface area contributed by atoms with Gasteiger partial charge < -0.3 is 10.0 Å². The molecular formula is C15H19NO3. The fraction of sp³-hybridized carbons (Fsp3) is 0.467. The van der Waals surface area contributed by atoms with Crippen molar-refractivity contribution < 1.29 is 14.7 Å². The number of carbonyl (C=O) groups excluding carboxylic acids is 1. The Balaban J connectivity index is 2.38. The molecular weight excluding hydrogens is 242 g/mol. The van der Waals surface area contributed by atoms with E-state index in [4.69, 9.17) is 5.11 Å². The molecule has 1 aliphatic rings. The van der Waals surface area contributed by atoms with Gasteiger partial charge in [0.05, 0.1) is 6.42 Å². The first kappa shape index (κ1) is 13.6. The molecule has 0 saturated heterocycles. The number of nitrogens with zero attached hydrogens (tertiary/aromatic N) is 1. The van der Waals surface area contributed by atoms with Gasteiger partial charge >= 0.3 is 5.97 Å². The van der Waals surface area contributed by atoms with Crippen LogP contribution >= 0.6 is 0 Å². The number of benzene rings is 1. The Hall–Kier alpha value is -1.84. The Kier molecular flexibility index (Phi) is 3.35. The molecule has 2 rings (SSSR count). The Morgan fingerprint density at radius 2 is 2.05 bits per heavy atom. The van der Waals surface area contributed by atoms with E-state index in [2.05, 4.69) is 0 Å².